The van der Waals surface area contributed by atoms with Gasteiger partial charge in [0.1, 0.15) is 5.75 Å². The molecule has 0 radical (unpaired) electrons. The topological polar surface area (TPSA) is 55.8 Å². The number of phenols is 1. The van der Waals surface area contributed by atoms with E-state index in [9.17, 15) is 9.90 Å². The fraction of sp³-hybridized carbons (Fsp3) is 0.562. The van der Waals surface area contributed by atoms with Crippen molar-refractivity contribution in [2.45, 2.75) is 57.8 Å². The van der Waals surface area contributed by atoms with Crippen LogP contribution in [0.4, 0.5) is 0 Å². The van der Waals surface area contributed by atoms with Crippen molar-refractivity contribution >= 4 is 5.97 Å². The van der Waals surface area contributed by atoms with E-state index in [1.54, 1.807) is 18.2 Å². The van der Waals surface area contributed by atoms with Crippen LogP contribution in [0.2, 0.25) is 0 Å². The SMILES string of the molecule is CC(C)OC(=O)C(Cc1cccc(O)c1)OC1CCC1. The molecule has 1 aromatic rings. The Bertz CT molecular complexity index is 452. The fourth-order valence-electron chi connectivity index (χ4n) is 2.13. The number of hydrogen-bond donors (Lipinski definition) is 1. The van der Waals surface area contributed by atoms with E-state index in [2.05, 4.69) is 0 Å². The molecular weight excluding hydrogens is 256 g/mol. The molecule has 1 aliphatic rings. The van der Waals surface area contributed by atoms with Crippen LogP contribution in [0.3, 0.4) is 0 Å². The van der Waals surface area contributed by atoms with Crippen molar-refractivity contribution in [1.29, 1.82) is 0 Å². The van der Waals surface area contributed by atoms with E-state index < -0.39 is 6.10 Å². The summed E-state index contributed by atoms with van der Waals surface area (Å²) in [6.07, 6.45) is 3.01. The number of ether oxygens (including phenoxy) is 2. The van der Waals surface area contributed by atoms with Crippen LogP contribution < -0.4 is 0 Å². The maximum Gasteiger partial charge on any atom is 0.335 e. The van der Waals surface area contributed by atoms with Gasteiger partial charge in [0.2, 0.25) is 0 Å². The van der Waals surface area contributed by atoms with Crippen LogP contribution in [0.15, 0.2) is 24.3 Å². The second-order valence-corrected chi connectivity index (χ2v) is 5.54. The Morgan fingerprint density at radius 3 is 2.70 bits per heavy atom. The Balaban J connectivity index is 2.02. The molecule has 4 nitrogen and oxygen atoms in total. The average Bonchev–Trinajstić information content (AvgIpc) is 2.31. The molecule has 1 saturated carbocycles. The van der Waals surface area contributed by atoms with Crippen LogP contribution >= 0.6 is 0 Å². The molecule has 1 N–H and O–H groups in total. The second-order valence-electron chi connectivity index (χ2n) is 5.54. The Kier molecular flexibility index (Phi) is 5.01. The van der Waals surface area contributed by atoms with E-state index in [-0.39, 0.29) is 23.9 Å². The molecule has 20 heavy (non-hydrogen) atoms. The lowest BCUT2D eigenvalue weighted by Crippen LogP contribution is -2.36. The summed E-state index contributed by atoms with van der Waals surface area (Å²) in [5.74, 6) is -0.127. The number of carbonyl (C=O) groups is 1. The first kappa shape index (κ1) is 14.9. The molecule has 1 aromatic carbocycles. The maximum absolute atomic E-state index is 12.1. The van der Waals surface area contributed by atoms with Crippen molar-refractivity contribution in [2.24, 2.45) is 0 Å². The van der Waals surface area contributed by atoms with Gasteiger partial charge in [-0.25, -0.2) is 4.79 Å². The molecule has 0 heterocycles. The van der Waals surface area contributed by atoms with Gasteiger partial charge in [-0.2, -0.15) is 0 Å². The molecule has 0 aliphatic heterocycles. The Morgan fingerprint density at radius 1 is 1.40 bits per heavy atom. The third-order valence-electron chi connectivity index (χ3n) is 3.36. The first-order valence-corrected chi connectivity index (χ1v) is 7.18. The highest BCUT2D eigenvalue weighted by Crippen LogP contribution is 2.25. The molecule has 0 aromatic heterocycles. The highest BCUT2D eigenvalue weighted by atomic mass is 16.6. The number of carbonyl (C=O) groups excluding carboxylic acids is 1. The number of aromatic hydroxyl groups is 1. The summed E-state index contributed by atoms with van der Waals surface area (Å²) >= 11 is 0. The van der Waals surface area contributed by atoms with Gasteiger partial charge in [-0.05, 0) is 50.8 Å². The van der Waals surface area contributed by atoms with Crippen LogP contribution in [-0.4, -0.2) is 29.4 Å². The molecule has 0 bridgehead atoms. The lowest BCUT2D eigenvalue weighted by molar-refractivity contribution is -0.168. The fourth-order valence-corrected chi connectivity index (χ4v) is 2.13. The van der Waals surface area contributed by atoms with Crippen LogP contribution in [0.5, 0.6) is 5.75 Å². The first-order valence-electron chi connectivity index (χ1n) is 7.18. The van der Waals surface area contributed by atoms with Crippen LogP contribution in [0.25, 0.3) is 0 Å². The molecule has 1 aliphatic carbocycles. The average molecular weight is 278 g/mol. The lowest BCUT2D eigenvalue weighted by atomic mass is 9.95. The summed E-state index contributed by atoms with van der Waals surface area (Å²) in [7, 11) is 0. The molecule has 0 spiro atoms. The number of hydrogen-bond acceptors (Lipinski definition) is 4. The van der Waals surface area contributed by atoms with Gasteiger partial charge in [-0.1, -0.05) is 12.1 Å². The van der Waals surface area contributed by atoms with Gasteiger partial charge in [0.15, 0.2) is 6.10 Å². The zero-order valence-corrected chi connectivity index (χ0v) is 12.0. The number of rotatable bonds is 6. The molecule has 4 heteroatoms. The van der Waals surface area contributed by atoms with Crippen LogP contribution in [0.1, 0.15) is 38.7 Å². The minimum Gasteiger partial charge on any atom is -0.508 e. The van der Waals surface area contributed by atoms with Crippen molar-refractivity contribution in [3.63, 3.8) is 0 Å². The molecule has 1 fully saturated rings. The van der Waals surface area contributed by atoms with Crippen molar-refractivity contribution in [2.75, 3.05) is 0 Å². The molecule has 1 unspecified atom stereocenters. The van der Waals surface area contributed by atoms with E-state index >= 15 is 0 Å². The summed E-state index contributed by atoms with van der Waals surface area (Å²) < 4.78 is 11.1. The molecule has 0 saturated heterocycles. The van der Waals surface area contributed by atoms with Gasteiger partial charge in [-0.15, -0.1) is 0 Å². The summed E-state index contributed by atoms with van der Waals surface area (Å²) in [6.45, 7) is 3.65. The summed E-state index contributed by atoms with van der Waals surface area (Å²) in [4.78, 5) is 12.1. The maximum atomic E-state index is 12.1. The van der Waals surface area contributed by atoms with Gasteiger partial charge in [0.25, 0.3) is 0 Å². The number of benzene rings is 1. The van der Waals surface area contributed by atoms with Gasteiger partial charge in [0, 0.05) is 6.42 Å². The molecule has 2 rings (SSSR count). The molecule has 1 atom stereocenters. The predicted octanol–water partition coefficient (Wildman–Crippen LogP) is 2.82. The third kappa shape index (κ3) is 4.23. The quantitative estimate of drug-likeness (QED) is 0.813. The van der Waals surface area contributed by atoms with Crippen LogP contribution in [-0.2, 0) is 20.7 Å². The van der Waals surface area contributed by atoms with Crippen molar-refractivity contribution in [3.8, 4) is 5.75 Å². The largest absolute Gasteiger partial charge is 0.508 e. The lowest BCUT2D eigenvalue weighted by Gasteiger charge is -2.30. The zero-order valence-electron chi connectivity index (χ0n) is 12.0. The van der Waals surface area contributed by atoms with Gasteiger partial charge < -0.3 is 14.6 Å². The number of phenolic OH excluding ortho intramolecular Hbond substituents is 1. The highest BCUT2D eigenvalue weighted by molar-refractivity contribution is 5.75. The Labute approximate surface area is 119 Å². The minimum atomic E-state index is -0.593. The first-order chi connectivity index (χ1) is 9.54. The van der Waals surface area contributed by atoms with E-state index in [0.29, 0.717) is 6.42 Å². The summed E-state index contributed by atoms with van der Waals surface area (Å²) in [5.41, 5.74) is 0.870. The smallest absolute Gasteiger partial charge is 0.335 e. The van der Waals surface area contributed by atoms with Crippen molar-refractivity contribution in [1.82, 2.24) is 0 Å². The van der Waals surface area contributed by atoms with E-state index in [4.69, 9.17) is 9.47 Å². The van der Waals surface area contributed by atoms with Gasteiger partial charge in [0.05, 0.1) is 12.2 Å². The zero-order chi connectivity index (χ0) is 14.5. The normalized spacial score (nSPS) is 16.8. The third-order valence-corrected chi connectivity index (χ3v) is 3.36. The van der Waals surface area contributed by atoms with Crippen LogP contribution in [0, 0.1) is 0 Å². The Hall–Kier alpha value is -1.55. The van der Waals surface area contributed by atoms with E-state index in [1.807, 2.05) is 19.9 Å². The van der Waals surface area contributed by atoms with Crippen molar-refractivity contribution in [3.05, 3.63) is 29.8 Å². The van der Waals surface area contributed by atoms with Gasteiger partial charge in [-0.3, -0.25) is 0 Å². The number of esters is 1. The van der Waals surface area contributed by atoms with Gasteiger partial charge >= 0.3 is 5.97 Å². The standard InChI is InChI=1S/C16H22O4/c1-11(2)19-16(18)15(20-14-7-4-8-14)10-12-5-3-6-13(17)9-12/h3,5-6,9,11,14-15,17H,4,7-8,10H2,1-2H3. The summed E-state index contributed by atoms with van der Waals surface area (Å²) in [5, 5.41) is 9.49. The second kappa shape index (κ2) is 6.75. The predicted molar refractivity (Wildman–Crippen MR) is 75.6 cm³/mol. The molecule has 110 valence electrons. The monoisotopic (exact) mass is 278 g/mol. The van der Waals surface area contributed by atoms with E-state index in [0.717, 1.165) is 24.8 Å². The Morgan fingerprint density at radius 2 is 2.15 bits per heavy atom. The van der Waals surface area contributed by atoms with E-state index in [1.165, 1.54) is 0 Å². The highest BCUT2D eigenvalue weighted by Gasteiger charge is 2.29. The minimum absolute atomic E-state index is 0.154. The molecular formula is C16H22O4. The summed E-state index contributed by atoms with van der Waals surface area (Å²) in [6, 6.07) is 6.90. The molecule has 0 amide bonds. The van der Waals surface area contributed by atoms with Crippen molar-refractivity contribution < 1.29 is 19.4 Å².